The van der Waals surface area contributed by atoms with E-state index in [0.29, 0.717) is 30.4 Å². The second-order valence-electron chi connectivity index (χ2n) is 7.61. The minimum atomic E-state index is -1.33. The standard InChI is InChI=1S/C19H27FN6O2/c20-16-4-2-1-3-15(16)11-23-18-24-12-17(26(27)28)19(22,25-18)9-13-5-7-14(10-21)8-6-13/h1-4,12-14H,5-11,21-22H2,(H2,23,24,25). The van der Waals surface area contributed by atoms with Gasteiger partial charge in [0.15, 0.2) is 11.6 Å². The van der Waals surface area contributed by atoms with Crippen molar-refractivity contribution in [2.45, 2.75) is 44.3 Å². The number of halogens is 1. The van der Waals surface area contributed by atoms with Crippen LogP contribution in [0.1, 0.15) is 37.7 Å². The van der Waals surface area contributed by atoms with Crippen LogP contribution in [-0.2, 0) is 6.54 Å². The third-order valence-corrected chi connectivity index (χ3v) is 5.62. The van der Waals surface area contributed by atoms with Crippen molar-refractivity contribution in [1.29, 1.82) is 0 Å². The smallest absolute Gasteiger partial charge is 0.301 e. The lowest BCUT2D eigenvalue weighted by Gasteiger charge is -2.37. The molecule has 6 N–H and O–H groups in total. The van der Waals surface area contributed by atoms with E-state index in [9.17, 15) is 14.5 Å². The van der Waals surface area contributed by atoms with Crippen molar-refractivity contribution in [2.24, 2.45) is 28.3 Å². The van der Waals surface area contributed by atoms with Gasteiger partial charge in [-0.3, -0.25) is 15.8 Å². The van der Waals surface area contributed by atoms with E-state index in [-0.39, 0.29) is 24.0 Å². The molecule has 28 heavy (non-hydrogen) atoms. The summed E-state index contributed by atoms with van der Waals surface area (Å²) in [6, 6.07) is 6.36. The van der Waals surface area contributed by atoms with Crippen LogP contribution in [0.3, 0.4) is 0 Å². The lowest BCUT2D eigenvalue weighted by Crippen LogP contribution is -2.64. The maximum absolute atomic E-state index is 13.8. The summed E-state index contributed by atoms with van der Waals surface area (Å²) in [6.07, 6.45) is 5.63. The van der Waals surface area contributed by atoms with Gasteiger partial charge in [-0.1, -0.05) is 18.2 Å². The molecule has 1 aliphatic heterocycles. The van der Waals surface area contributed by atoms with E-state index >= 15 is 0 Å². The Morgan fingerprint density at radius 1 is 1.25 bits per heavy atom. The molecule has 1 fully saturated rings. The van der Waals surface area contributed by atoms with Gasteiger partial charge in [0.1, 0.15) is 5.82 Å². The first-order valence-corrected chi connectivity index (χ1v) is 9.58. The van der Waals surface area contributed by atoms with Gasteiger partial charge in [-0.05, 0) is 56.6 Å². The molecule has 152 valence electrons. The fraction of sp³-hybridized carbons (Fsp3) is 0.526. The number of nitro groups is 1. The van der Waals surface area contributed by atoms with Crippen molar-refractivity contribution in [1.82, 2.24) is 10.6 Å². The number of nitrogens with one attached hydrogen (secondary N) is 2. The van der Waals surface area contributed by atoms with Crippen LogP contribution in [0.25, 0.3) is 0 Å². The Labute approximate surface area is 163 Å². The predicted molar refractivity (Wildman–Crippen MR) is 105 cm³/mol. The molecule has 0 bridgehead atoms. The predicted octanol–water partition coefficient (Wildman–Crippen LogP) is 1.80. The average Bonchev–Trinajstić information content (AvgIpc) is 2.67. The van der Waals surface area contributed by atoms with Gasteiger partial charge in [-0.2, -0.15) is 0 Å². The summed E-state index contributed by atoms with van der Waals surface area (Å²) in [4.78, 5) is 15.4. The number of hydrogen-bond acceptors (Lipinski definition) is 5. The first kappa shape index (κ1) is 20.2. The molecule has 1 heterocycles. The lowest BCUT2D eigenvalue weighted by molar-refractivity contribution is -0.437. The van der Waals surface area contributed by atoms with Gasteiger partial charge in [0.25, 0.3) is 0 Å². The molecule has 1 aliphatic carbocycles. The molecule has 0 spiro atoms. The van der Waals surface area contributed by atoms with Crippen LogP contribution in [0.2, 0.25) is 0 Å². The van der Waals surface area contributed by atoms with E-state index in [2.05, 4.69) is 15.6 Å². The molecule has 3 rings (SSSR count). The van der Waals surface area contributed by atoms with Gasteiger partial charge < -0.3 is 16.4 Å². The Bertz CT molecular complexity index is 775. The molecular formula is C19H27FN6O2. The number of benzene rings is 1. The van der Waals surface area contributed by atoms with Gasteiger partial charge in [0.05, 0.1) is 17.7 Å². The van der Waals surface area contributed by atoms with Gasteiger partial charge in [-0.25, -0.2) is 9.38 Å². The fourth-order valence-corrected chi connectivity index (χ4v) is 3.95. The number of nitrogens with zero attached hydrogens (tertiary/aromatic N) is 2. The highest BCUT2D eigenvalue weighted by molar-refractivity contribution is 5.83. The zero-order valence-electron chi connectivity index (χ0n) is 15.7. The van der Waals surface area contributed by atoms with Crippen LogP contribution in [0, 0.1) is 27.8 Å². The van der Waals surface area contributed by atoms with Crippen LogP contribution in [-0.4, -0.2) is 23.1 Å². The molecule has 8 nitrogen and oxygen atoms in total. The number of rotatable bonds is 6. The fourth-order valence-electron chi connectivity index (χ4n) is 3.95. The van der Waals surface area contributed by atoms with Gasteiger partial charge >= 0.3 is 5.70 Å². The third-order valence-electron chi connectivity index (χ3n) is 5.62. The summed E-state index contributed by atoms with van der Waals surface area (Å²) in [5.74, 6) is 0.746. The number of hydrogen-bond donors (Lipinski definition) is 4. The van der Waals surface area contributed by atoms with Crippen LogP contribution >= 0.6 is 0 Å². The maximum atomic E-state index is 13.8. The molecule has 1 unspecified atom stereocenters. The van der Waals surface area contributed by atoms with Gasteiger partial charge in [0, 0.05) is 5.56 Å². The van der Waals surface area contributed by atoms with Crippen molar-refractivity contribution >= 4 is 5.96 Å². The Balaban J connectivity index is 1.73. The molecule has 9 heteroatoms. The summed E-state index contributed by atoms with van der Waals surface area (Å²) >= 11 is 0. The molecule has 1 aromatic rings. The number of nitrogens with two attached hydrogens (primary N) is 2. The van der Waals surface area contributed by atoms with Crippen molar-refractivity contribution in [3.63, 3.8) is 0 Å². The van der Waals surface area contributed by atoms with Crippen LogP contribution in [0.4, 0.5) is 4.39 Å². The minimum Gasteiger partial charge on any atom is -0.330 e. The molecule has 0 radical (unpaired) electrons. The molecule has 1 atom stereocenters. The molecule has 0 aromatic heterocycles. The third kappa shape index (κ3) is 4.66. The quantitative estimate of drug-likeness (QED) is 0.433. The minimum absolute atomic E-state index is 0.0985. The molecule has 0 saturated heterocycles. The highest BCUT2D eigenvalue weighted by Crippen LogP contribution is 2.34. The summed E-state index contributed by atoms with van der Waals surface area (Å²) in [7, 11) is 0. The topological polar surface area (TPSA) is 132 Å². The second-order valence-corrected chi connectivity index (χ2v) is 7.61. The summed E-state index contributed by atoms with van der Waals surface area (Å²) in [6.45, 7) is 0.775. The molecule has 2 aliphatic rings. The Morgan fingerprint density at radius 3 is 2.57 bits per heavy atom. The SMILES string of the molecule is NCC1CCC(CC2(N)NC(=NCc3ccccc3F)NC=C2[N+](=O)[O-])CC1. The summed E-state index contributed by atoms with van der Waals surface area (Å²) < 4.78 is 13.8. The highest BCUT2D eigenvalue weighted by Gasteiger charge is 2.44. The molecule has 0 amide bonds. The Morgan fingerprint density at radius 2 is 1.93 bits per heavy atom. The normalized spacial score (nSPS) is 29.0. The Kier molecular flexibility index (Phi) is 6.25. The van der Waals surface area contributed by atoms with Crippen molar-refractivity contribution in [2.75, 3.05) is 6.54 Å². The van der Waals surface area contributed by atoms with Gasteiger partial charge in [-0.15, -0.1) is 0 Å². The monoisotopic (exact) mass is 390 g/mol. The largest absolute Gasteiger partial charge is 0.330 e. The Hall–Kier alpha value is -2.52. The van der Waals surface area contributed by atoms with E-state index in [1.807, 2.05) is 0 Å². The molecular weight excluding hydrogens is 363 g/mol. The first-order chi connectivity index (χ1) is 13.4. The van der Waals surface area contributed by atoms with Crippen LogP contribution in [0.15, 0.2) is 41.2 Å². The average molecular weight is 390 g/mol. The summed E-state index contributed by atoms with van der Waals surface area (Å²) in [5.41, 5.74) is 11.2. The zero-order valence-corrected chi connectivity index (χ0v) is 15.7. The first-order valence-electron chi connectivity index (χ1n) is 9.58. The van der Waals surface area contributed by atoms with Crippen molar-refractivity contribution in [3.05, 3.63) is 57.7 Å². The molecule has 1 saturated carbocycles. The molecule has 1 aromatic carbocycles. The maximum Gasteiger partial charge on any atom is 0.301 e. The lowest BCUT2D eigenvalue weighted by atomic mass is 9.77. The number of aliphatic imine (C=N–C) groups is 1. The van der Waals surface area contributed by atoms with Crippen molar-refractivity contribution < 1.29 is 9.31 Å². The van der Waals surface area contributed by atoms with Crippen molar-refractivity contribution in [3.8, 4) is 0 Å². The number of guanidine groups is 1. The van der Waals surface area contributed by atoms with E-state index in [0.717, 1.165) is 25.7 Å². The zero-order chi connectivity index (χ0) is 20.1. The van der Waals surface area contributed by atoms with Crippen LogP contribution < -0.4 is 22.1 Å². The second kappa shape index (κ2) is 8.66. The van der Waals surface area contributed by atoms with E-state index < -0.39 is 10.6 Å². The van der Waals surface area contributed by atoms with Gasteiger partial charge in [0.2, 0.25) is 0 Å². The van der Waals surface area contributed by atoms with E-state index in [1.165, 1.54) is 12.3 Å². The van der Waals surface area contributed by atoms with E-state index in [1.54, 1.807) is 18.2 Å². The van der Waals surface area contributed by atoms with Crippen LogP contribution in [0.5, 0.6) is 0 Å². The highest BCUT2D eigenvalue weighted by atomic mass is 19.1. The summed E-state index contributed by atoms with van der Waals surface area (Å²) in [5, 5.41) is 17.3. The van der Waals surface area contributed by atoms with E-state index in [4.69, 9.17) is 11.5 Å².